The van der Waals surface area contributed by atoms with E-state index in [4.69, 9.17) is 5.11 Å². The van der Waals surface area contributed by atoms with E-state index in [2.05, 4.69) is 48.3 Å². The molecule has 1 saturated heterocycles. The number of carbonyl (C=O) groups is 1. The number of aliphatic carboxylic acids is 1. The Bertz CT molecular complexity index is 478. The number of piperidine rings is 1. The largest absolute Gasteiger partial charge is 0.481 e. The van der Waals surface area contributed by atoms with Crippen molar-refractivity contribution in [3.8, 4) is 0 Å². The molecule has 3 atom stereocenters. The lowest BCUT2D eigenvalue weighted by molar-refractivity contribution is -0.137. The molecule has 0 radical (unpaired) electrons. The molecule has 2 N–H and O–H groups in total. The number of rotatable bonds is 8. The van der Waals surface area contributed by atoms with Crippen LogP contribution >= 0.6 is 0 Å². The van der Waals surface area contributed by atoms with Crippen molar-refractivity contribution in [3.63, 3.8) is 0 Å². The summed E-state index contributed by atoms with van der Waals surface area (Å²) >= 11 is 0. The van der Waals surface area contributed by atoms with Gasteiger partial charge in [0.05, 0.1) is 0 Å². The van der Waals surface area contributed by atoms with Crippen molar-refractivity contribution >= 4 is 5.97 Å². The van der Waals surface area contributed by atoms with E-state index in [1.807, 2.05) is 6.07 Å². The molecule has 1 fully saturated rings. The Balaban J connectivity index is 1.92. The first-order valence-corrected chi connectivity index (χ1v) is 8.81. The van der Waals surface area contributed by atoms with E-state index in [0.29, 0.717) is 18.0 Å². The highest BCUT2D eigenvalue weighted by atomic mass is 16.4. The van der Waals surface area contributed by atoms with Gasteiger partial charge in [-0.2, -0.15) is 0 Å². The summed E-state index contributed by atoms with van der Waals surface area (Å²) in [7, 11) is 0. The zero-order chi connectivity index (χ0) is 16.7. The maximum atomic E-state index is 10.9. The first-order chi connectivity index (χ1) is 11.1. The van der Waals surface area contributed by atoms with Gasteiger partial charge in [0, 0.05) is 38.1 Å². The molecule has 0 aliphatic carbocycles. The topological polar surface area (TPSA) is 52.6 Å². The fraction of sp³-hybridized carbons (Fsp3) is 0.632. The van der Waals surface area contributed by atoms with Crippen LogP contribution in [0.1, 0.15) is 45.1 Å². The van der Waals surface area contributed by atoms with Crippen LogP contribution in [0.25, 0.3) is 0 Å². The van der Waals surface area contributed by atoms with Gasteiger partial charge in [0.1, 0.15) is 0 Å². The van der Waals surface area contributed by atoms with Gasteiger partial charge < -0.3 is 10.4 Å². The highest BCUT2D eigenvalue weighted by Crippen LogP contribution is 2.24. The van der Waals surface area contributed by atoms with Crippen molar-refractivity contribution < 1.29 is 9.90 Å². The minimum absolute atomic E-state index is 0.282. The minimum Gasteiger partial charge on any atom is -0.481 e. The lowest BCUT2D eigenvalue weighted by Crippen LogP contribution is -2.51. The number of likely N-dealkylation sites (tertiary alicyclic amines) is 1. The molecule has 0 aromatic heterocycles. The third-order valence-corrected chi connectivity index (χ3v) is 4.98. The lowest BCUT2D eigenvalue weighted by Gasteiger charge is -2.41. The van der Waals surface area contributed by atoms with Gasteiger partial charge >= 0.3 is 5.97 Å². The Morgan fingerprint density at radius 3 is 2.74 bits per heavy atom. The number of carboxylic acids is 1. The molecule has 1 heterocycles. The number of hydrogen-bond acceptors (Lipinski definition) is 3. The summed E-state index contributed by atoms with van der Waals surface area (Å²) < 4.78 is 0. The van der Waals surface area contributed by atoms with E-state index in [9.17, 15) is 4.79 Å². The van der Waals surface area contributed by atoms with Gasteiger partial charge in [0.2, 0.25) is 0 Å². The first-order valence-electron chi connectivity index (χ1n) is 8.81. The van der Waals surface area contributed by atoms with E-state index in [1.165, 1.54) is 5.56 Å². The first kappa shape index (κ1) is 18.0. The normalized spacial score (nSPS) is 23.6. The Hall–Kier alpha value is -1.39. The van der Waals surface area contributed by atoms with Crippen LogP contribution in [-0.4, -0.2) is 41.1 Å². The van der Waals surface area contributed by atoms with Gasteiger partial charge in [-0.25, -0.2) is 0 Å². The number of carboxylic acid groups (broad SMARTS) is 1. The summed E-state index contributed by atoms with van der Waals surface area (Å²) in [6.07, 6.45) is 3.28. The van der Waals surface area contributed by atoms with Crippen LogP contribution in [0.3, 0.4) is 0 Å². The fourth-order valence-corrected chi connectivity index (χ4v) is 3.40. The van der Waals surface area contributed by atoms with E-state index in [1.54, 1.807) is 0 Å². The Kier molecular flexibility index (Phi) is 7.06. The molecule has 1 aromatic carbocycles. The van der Waals surface area contributed by atoms with Crippen LogP contribution in [-0.2, 0) is 11.3 Å². The van der Waals surface area contributed by atoms with Crippen LogP contribution < -0.4 is 5.32 Å². The fourth-order valence-electron chi connectivity index (χ4n) is 3.40. The third kappa shape index (κ3) is 5.96. The molecular weight excluding hydrogens is 288 g/mol. The van der Waals surface area contributed by atoms with Gasteiger partial charge in [-0.15, -0.1) is 0 Å². The van der Waals surface area contributed by atoms with Gasteiger partial charge in [-0.3, -0.25) is 9.69 Å². The molecule has 4 heteroatoms. The van der Waals surface area contributed by atoms with Gasteiger partial charge in [-0.05, 0) is 37.7 Å². The monoisotopic (exact) mass is 318 g/mol. The predicted octanol–water partition coefficient (Wildman–Crippen LogP) is 3.13. The van der Waals surface area contributed by atoms with Crippen LogP contribution in [0.5, 0.6) is 0 Å². The summed E-state index contributed by atoms with van der Waals surface area (Å²) in [5.41, 5.74) is 1.30. The Morgan fingerprint density at radius 2 is 2.09 bits per heavy atom. The van der Waals surface area contributed by atoms with Crippen molar-refractivity contribution in [1.29, 1.82) is 0 Å². The maximum absolute atomic E-state index is 10.9. The van der Waals surface area contributed by atoms with Crippen molar-refractivity contribution in [2.24, 2.45) is 5.92 Å². The highest BCUT2D eigenvalue weighted by Gasteiger charge is 2.29. The second kappa shape index (κ2) is 9.04. The zero-order valence-corrected chi connectivity index (χ0v) is 14.4. The van der Waals surface area contributed by atoms with Crippen molar-refractivity contribution in [3.05, 3.63) is 35.9 Å². The summed E-state index contributed by atoms with van der Waals surface area (Å²) in [6.45, 7) is 7.47. The van der Waals surface area contributed by atoms with Crippen LogP contribution in [0.4, 0.5) is 0 Å². The van der Waals surface area contributed by atoms with Gasteiger partial charge in [0.25, 0.3) is 0 Å². The van der Waals surface area contributed by atoms with E-state index in [-0.39, 0.29) is 6.42 Å². The SMILES string of the molecule is CCC(C)N1CC(CCC(=O)O)CC(NCc2ccccc2)C1. The number of nitrogens with zero attached hydrogens (tertiary/aromatic N) is 1. The minimum atomic E-state index is -0.681. The number of nitrogens with one attached hydrogen (secondary N) is 1. The zero-order valence-electron chi connectivity index (χ0n) is 14.4. The smallest absolute Gasteiger partial charge is 0.303 e. The van der Waals surface area contributed by atoms with Crippen LogP contribution in [0.15, 0.2) is 30.3 Å². The molecule has 23 heavy (non-hydrogen) atoms. The molecule has 128 valence electrons. The molecule has 1 aliphatic heterocycles. The average Bonchev–Trinajstić information content (AvgIpc) is 2.58. The molecule has 0 amide bonds. The molecule has 3 unspecified atom stereocenters. The maximum Gasteiger partial charge on any atom is 0.303 e. The predicted molar refractivity (Wildman–Crippen MR) is 93.4 cm³/mol. The Morgan fingerprint density at radius 1 is 1.35 bits per heavy atom. The number of hydrogen-bond donors (Lipinski definition) is 2. The van der Waals surface area contributed by atoms with Crippen molar-refractivity contribution in [1.82, 2.24) is 10.2 Å². The average molecular weight is 318 g/mol. The van der Waals surface area contributed by atoms with Gasteiger partial charge in [-0.1, -0.05) is 37.3 Å². The molecule has 0 saturated carbocycles. The van der Waals surface area contributed by atoms with E-state index >= 15 is 0 Å². The number of benzene rings is 1. The van der Waals surface area contributed by atoms with Crippen molar-refractivity contribution in [2.45, 2.75) is 58.2 Å². The Labute approximate surface area is 139 Å². The second-order valence-corrected chi connectivity index (χ2v) is 6.81. The summed E-state index contributed by atoms with van der Waals surface area (Å²) in [5.74, 6) is -0.207. The standard InChI is InChI=1S/C19H30N2O2/c1-3-15(2)21-13-17(9-10-19(22)23)11-18(14-21)20-12-16-7-5-4-6-8-16/h4-8,15,17-18,20H,3,9-14H2,1-2H3,(H,22,23). The van der Waals surface area contributed by atoms with Crippen molar-refractivity contribution in [2.75, 3.05) is 13.1 Å². The highest BCUT2D eigenvalue weighted by molar-refractivity contribution is 5.66. The molecule has 2 rings (SSSR count). The second-order valence-electron chi connectivity index (χ2n) is 6.81. The van der Waals surface area contributed by atoms with Crippen LogP contribution in [0, 0.1) is 5.92 Å². The molecule has 1 aliphatic rings. The van der Waals surface area contributed by atoms with E-state index in [0.717, 1.165) is 38.9 Å². The lowest BCUT2D eigenvalue weighted by atomic mass is 9.89. The van der Waals surface area contributed by atoms with E-state index < -0.39 is 5.97 Å². The molecular formula is C19H30N2O2. The quantitative estimate of drug-likeness (QED) is 0.773. The summed E-state index contributed by atoms with van der Waals surface area (Å²) in [5, 5.41) is 12.6. The van der Waals surface area contributed by atoms with Gasteiger partial charge in [0.15, 0.2) is 0 Å². The van der Waals surface area contributed by atoms with Crippen LogP contribution in [0.2, 0.25) is 0 Å². The molecule has 0 bridgehead atoms. The summed E-state index contributed by atoms with van der Waals surface area (Å²) in [4.78, 5) is 13.4. The molecule has 4 nitrogen and oxygen atoms in total. The molecule has 1 aromatic rings. The molecule has 0 spiro atoms. The summed E-state index contributed by atoms with van der Waals surface area (Å²) in [6, 6.07) is 11.5. The third-order valence-electron chi connectivity index (χ3n) is 4.98.